The normalized spacial score (nSPS) is 0. The van der Waals surface area contributed by atoms with Crippen molar-refractivity contribution in [3.05, 3.63) is 0 Å². The maximum Gasteiger partial charge on any atom is 2.00 e. The Morgan fingerprint density at radius 1 is 0.750 bits per heavy atom. The maximum absolute atomic E-state index is 0. The minimum atomic E-state index is 0. The molecule has 0 aliphatic heterocycles. The van der Waals surface area contributed by atoms with E-state index in [4.69, 9.17) is 0 Å². The van der Waals surface area contributed by atoms with Gasteiger partial charge in [0.2, 0.25) is 0 Å². The second-order valence-electron chi connectivity index (χ2n) is 0. The second kappa shape index (κ2) is 25.2. The first kappa shape index (κ1) is 51.2. The van der Waals surface area contributed by atoms with Crippen molar-refractivity contribution in [2.45, 2.75) is 0 Å². The zero-order valence-electron chi connectivity index (χ0n) is 1.60. The Morgan fingerprint density at radius 2 is 0.750 bits per heavy atom. The summed E-state index contributed by atoms with van der Waals surface area (Å²) < 4.78 is 0. The number of hydrogen-bond acceptors (Lipinski definition) is 2. The first-order valence-corrected chi connectivity index (χ1v) is 0. The Labute approximate surface area is 56.9 Å². The average molecular weight is 84.6 g/mol. The topological polar surface area (TPSA) is 60.0 Å². The molecule has 0 atom stereocenters. The van der Waals surface area contributed by atoms with E-state index in [0.29, 0.717) is 0 Å². The molecule has 0 aliphatic carbocycles. The van der Waals surface area contributed by atoms with Gasteiger partial charge in [0.15, 0.2) is 0 Å². The molecular formula is H4Mg2O2. The first-order chi connectivity index (χ1) is 0. The van der Waals surface area contributed by atoms with Crippen molar-refractivity contribution in [3.8, 4) is 0 Å². The van der Waals surface area contributed by atoms with E-state index < -0.39 is 0 Å². The predicted molar refractivity (Wildman–Crippen MR) is 18.2 cm³/mol. The summed E-state index contributed by atoms with van der Waals surface area (Å²) in [4.78, 5) is 0. The molecule has 0 aromatic rings. The van der Waals surface area contributed by atoms with Crippen LogP contribution in [-0.2, 0) is 0 Å². The zero-order valence-corrected chi connectivity index (χ0v) is 3.02. The molecule has 4 heteroatoms. The molecule has 0 saturated carbocycles. The van der Waals surface area contributed by atoms with Gasteiger partial charge in [-0.2, -0.15) is 0 Å². The summed E-state index contributed by atoms with van der Waals surface area (Å²) in [6.45, 7) is 0. The van der Waals surface area contributed by atoms with Crippen LogP contribution in [0.5, 0.6) is 0 Å². The van der Waals surface area contributed by atoms with Gasteiger partial charge in [0.25, 0.3) is 0 Å². The van der Waals surface area contributed by atoms with E-state index >= 15 is 0 Å². The van der Waals surface area contributed by atoms with Gasteiger partial charge in [-0.05, 0) is 0 Å². The molecule has 0 fully saturated rings. The van der Waals surface area contributed by atoms with Gasteiger partial charge >= 0.3 is 46.1 Å². The van der Waals surface area contributed by atoms with E-state index in [-0.39, 0.29) is 57.1 Å². The van der Waals surface area contributed by atoms with E-state index in [9.17, 15) is 0 Å². The molecule has 20 valence electrons. The molecule has 0 unspecified atom stereocenters. The fourth-order valence-electron chi connectivity index (χ4n) is 0. The molecule has 0 saturated heterocycles. The number of hydrogen-bond donors (Lipinski definition) is 0. The van der Waals surface area contributed by atoms with Gasteiger partial charge in [-0.15, -0.1) is 0 Å². The van der Waals surface area contributed by atoms with Gasteiger partial charge in [-0.1, -0.05) is 0 Å². The molecule has 2 nitrogen and oxygen atoms in total. The van der Waals surface area contributed by atoms with Crippen LogP contribution < -0.4 is 0 Å². The third-order valence-corrected chi connectivity index (χ3v) is 0. The van der Waals surface area contributed by atoms with E-state index in [2.05, 4.69) is 0 Å². The van der Waals surface area contributed by atoms with Crippen molar-refractivity contribution in [1.29, 1.82) is 0 Å². The molecule has 0 aliphatic rings. The molecule has 0 rings (SSSR count). The van der Waals surface area contributed by atoms with E-state index in [1.165, 1.54) is 0 Å². The van der Waals surface area contributed by atoms with Crippen molar-refractivity contribution in [1.82, 2.24) is 0 Å². The molecule has 0 aromatic heterocycles. The minimum Gasteiger partial charge on any atom is -0.870 e. The third kappa shape index (κ3) is 9.84. The van der Waals surface area contributed by atoms with Crippen LogP contribution in [0.2, 0.25) is 0 Å². The van der Waals surface area contributed by atoms with Crippen LogP contribution in [-0.4, -0.2) is 57.1 Å². The third-order valence-electron chi connectivity index (χ3n) is 0. The number of rotatable bonds is 0. The van der Waals surface area contributed by atoms with Crippen molar-refractivity contribution in [2.24, 2.45) is 0 Å². The van der Waals surface area contributed by atoms with Crippen LogP contribution >= 0.6 is 0 Å². The van der Waals surface area contributed by atoms with E-state index in [1.54, 1.807) is 0 Å². The molecule has 0 radical (unpaired) electrons. The molecule has 0 spiro atoms. The molecule has 4 heavy (non-hydrogen) atoms. The second-order valence-corrected chi connectivity index (χ2v) is 0. The van der Waals surface area contributed by atoms with Crippen LogP contribution in [0.4, 0.5) is 0 Å². The van der Waals surface area contributed by atoms with Crippen LogP contribution in [0.3, 0.4) is 0 Å². The largest absolute Gasteiger partial charge is 2.00 e. The summed E-state index contributed by atoms with van der Waals surface area (Å²) in [7, 11) is 0. The summed E-state index contributed by atoms with van der Waals surface area (Å²) in [5.74, 6) is 0. The van der Waals surface area contributed by atoms with Gasteiger partial charge in [0.1, 0.15) is 0 Å². The van der Waals surface area contributed by atoms with Crippen LogP contribution in [0.1, 0.15) is 0 Å². The van der Waals surface area contributed by atoms with Crippen molar-refractivity contribution < 1.29 is 11.0 Å². The fraction of sp³-hybridized carbons (Fsp3) is 0. The standard InChI is InChI=1S/2Mg.2H2O.2H/h;;2*1H2;;/q;+2;;;;/p-2. The van der Waals surface area contributed by atoms with Gasteiger partial charge in [-0.25, -0.2) is 0 Å². The Morgan fingerprint density at radius 3 is 0.750 bits per heavy atom. The smallest absolute Gasteiger partial charge is 0.870 e. The average Bonchev–Trinajstić information content (AvgIpc) is 0. The summed E-state index contributed by atoms with van der Waals surface area (Å²) in [6, 6.07) is 0. The minimum absolute atomic E-state index is 0. The Balaban J connectivity index is 0. The zero-order chi connectivity index (χ0) is 0. The first-order valence-electron chi connectivity index (χ1n) is 0. The quantitative estimate of drug-likeness (QED) is 0.330. The van der Waals surface area contributed by atoms with Crippen molar-refractivity contribution in [2.75, 3.05) is 0 Å². The van der Waals surface area contributed by atoms with E-state index in [1.807, 2.05) is 0 Å². The van der Waals surface area contributed by atoms with E-state index in [0.717, 1.165) is 0 Å². The maximum atomic E-state index is 0. The summed E-state index contributed by atoms with van der Waals surface area (Å²) in [5, 5.41) is 0. The fourth-order valence-corrected chi connectivity index (χ4v) is 0. The monoisotopic (exact) mass is 84.0 g/mol. The van der Waals surface area contributed by atoms with Crippen molar-refractivity contribution >= 4 is 46.1 Å². The van der Waals surface area contributed by atoms with Gasteiger partial charge in [0.05, 0.1) is 0 Å². The predicted octanol–water partition coefficient (Wildman–Crippen LogP) is -1.65. The van der Waals surface area contributed by atoms with Gasteiger partial charge in [-0.3, -0.25) is 0 Å². The Hall–Kier alpha value is 1.45. The molecule has 0 bridgehead atoms. The Bertz CT molecular complexity index is 4.00. The molecule has 0 heterocycles. The summed E-state index contributed by atoms with van der Waals surface area (Å²) >= 11 is 0. The summed E-state index contributed by atoms with van der Waals surface area (Å²) in [5.41, 5.74) is 0. The molecular weight excluding hydrogens is 80.6 g/mol. The summed E-state index contributed by atoms with van der Waals surface area (Å²) in [6.07, 6.45) is 0. The van der Waals surface area contributed by atoms with Gasteiger partial charge < -0.3 is 11.0 Å². The molecule has 0 aromatic carbocycles. The SMILES string of the molecule is [Mg+2].[MgH2].[OH-].[OH-]. The van der Waals surface area contributed by atoms with Crippen LogP contribution in [0.25, 0.3) is 0 Å². The van der Waals surface area contributed by atoms with Gasteiger partial charge in [0, 0.05) is 0 Å². The Kier molecular flexibility index (Phi) is 322. The molecule has 0 amide bonds. The van der Waals surface area contributed by atoms with Crippen molar-refractivity contribution in [3.63, 3.8) is 0 Å². The van der Waals surface area contributed by atoms with Crippen LogP contribution in [0.15, 0.2) is 0 Å². The van der Waals surface area contributed by atoms with Crippen LogP contribution in [0, 0.1) is 0 Å². The molecule has 2 N–H and O–H groups in total.